The zero-order chi connectivity index (χ0) is 14.5. The maximum absolute atomic E-state index is 5.56. The number of ether oxygens (including phenoxy) is 1. The summed E-state index contributed by atoms with van der Waals surface area (Å²) < 4.78 is 5.56. The molecule has 0 aliphatic carbocycles. The lowest BCUT2D eigenvalue weighted by atomic mass is 10.2. The zero-order valence-corrected chi connectivity index (χ0v) is 11.5. The van der Waals surface area contributed by atoms with Crippen molar-refractivity contribution in [1.29, 1.82) is 0 Å². The molecule has 0 saturated carbocycles. The maximum Gasteiger partial charge on any atom is 0.150 e. The molecule has 3 rings (SSSR count). The fraction of sp³-hybridized carbons (Fsp3) is 0.385. The lowest BCUT2D eigenvalue weighted by molar-refractivity contribution is 0.120. The minimum atomic E-state index is 0.263. The number of anilines is 4. The summed E-state index contributed by atoms with van der Waals surface area (Å²) in [5.74, 6) is 2.33. The molecule has 2 aromatic heterocycles. The molecule has 1 saturated heterocycles. The molecule has 8 nitrogen and oxygen atoms in total. The normalized spacial score (nSPS) is 17.6. The van der Waals surface area contributed by atoms with Crippen molar-refractivity contribution in [3.63, 3.8) is 0 Å². The highest BCUT2D eigenvalue weighted by Gasteiger charge is 2.15. The minimum Gasteiger partial charge on any atom is -0.382 e. The van der Waals surface area contributed by atoms with E-state index in [0.717, 1.165) is 31.8 Å². The molecule has 0 spiro atoms. The van der Waals surface area contributed by atoms with Crippen LogP contribution < -0.4 is 16.4 Å². The van der Waals surface area contributed by atoms with Gasteiger partial charge in [-0.3, -0.25) is 0 Å². The van der Waals surface area contributed by atoms with Gasteiger partial charge in [0, 0.05) is 19.2 Å². The lowest BCUT2D eigenvalue weighted by Crippen LogP contribution is -2.19. The summed E-state index contributed by atoms with van der Waals surface area (Å²) in [5.41, 5.74) is 5.49. The van der Waals surface area contributed by atoms with Crippen LogP contribution in [0, 0.1) is 0 Å². The van der Waals surface area contributed by atoms with Crippen LogP contribution in [-0.4, -0.2) is 39.2 Å². The number of hydrogen-bond donors (Lipinski definition) is 3. The summed E-state index contributed by atoms with van der Waals surface area (Å²) in [6.07, 6.45) is 7.00. The van der Waals surface area contributed by atoms with Gasteiger partial charge >= 0.3 is 0 Å². The van der Waals surface area contributed by atoms with E-state index in [0.29, 0.717) is 17.5 Å². The molecular formula is C13H17N7O. The number of nitrogen functional groups attached to an aromatic ring is 1. The monoisotopic (exact) mass is 287 g/mol. The first-order valence-corrected chi connectivity index (χ1v) is 6.82. The van der Waals surface area contributed by atoms with Gasteiger partial charge in [0.15, 0.2) is 0 Å². The van der Waals surface area contributed by atoms with E-state index < -0.39 is 0 Å². The van der Waals surface area contributed by atoms with Gasteiger partial charge in [-0.15, -0.1) is 0 Å². The Kier molecular flexibility index (Phi) is 4.06. The van der Waals surface area contributed by atoms with Crippen LogP contribution in [0.4, 0.5) is 23.3 Å². The zero-order valence-electron chi connectivity index (χ0n) is 11.5. The summed E-state index contributed by atoms with van der Waals surface area (Å²) in [6.45, 7) is 1.59. The SMILES string of the molecule is Nc1cnc(Nc2cc(NCC3CCCO3)ncn2)cn1. The molecule has 0 aromatic carbocycles. The fourth-order valence-electron chi connectivity index (χ4n) is 2.08. The highest BCUT2D eigenvalue weighted by atomic mass is 16.5. The summed E-state index contributed by atoms with van der Waals surface area (Å²) in [5, 5.41) is 6.30. The molecule has 0 radical (unpaired) electrons. The molecule has 1 aliphatic heterocycles. The number of nitrogens with zero attached hydrogens (tertiary/aromatic N) is 4. The van der Waals surface area contributed by atoms with Crippen LogP contribution in [0.15, 0.2) is 24.8 Å². The molecule has 1 atom stereocenters. The second-order valence-corrected chi connectivity index (χ2v) is 4.76. The van der Waals surface area contributed by atoms with E-state index in [2.05, 4.69) is 30.6 Å². The van der Waals surface area contributed by atoms with Gasteiger partial charge in [-0.2, -0.15) is 0 Å². The van der Waals surface area contributed by atoms with Crippen molar-refractivity contribution in [1.82, 2.24) is 19.9 Å². The van der Waals surface area contributed by atoms with Crippen molar-refractivity contribution in [3.8, 4) is 0 Å². The molecule has 21 heavy (non-hydrogen) atoms. The van der Waals surface area contributed by atoms with Crippen molar-refractivity contribution < 1.29 is 4.74 Å². The van der Waals surface area contributed by atoms with Gasteiger partial charge in [-0.25, -0.2) is 19.9 Å². The van der Waals surface area contributed by atoms with Crippen LogP contribution in [0.5, 0.6) is 0 Å². The second kappa shape index (κ2) is 6.31. The summed E-state index contributed by atoms with van der Waals surface area (Å²) >= 11 is 0. The summed E-state index contributed by atoms with van der Waals surface area (Å²) in [4.78, 5) is 16.4. The first-order chi connectivity index (χ1) is 10.3. The van der Waals surface area contributed by atoms with Crippen molar-refractivity contribution in [2.24, 2.45) is 0 Å². The molecule has 0 bridgehead atoms. The van der Waals surface area contributed by atoms with Gasteiger partial charge in [0.25, 0.3) is 0 Å². The second-order valence-electron chi connectivity index (χ2n) is 4.76. The first kappa shape index (κ1) is 13.5. The average molecular weight is 287 g/mol. The molecule has 2 aromatic rings. The number of nitrogens with one attached hydrogen (secondary N) is 2. The Balaban J connectivity index is 1.60. The van der Waals surface area contributed by atoms with Crippen molar-refractivity contribution in [2.45, 2.75) is 18.9 Å². The molecule has 110 valence electrons. The van der Waals surface area contributed by atoms with Crippen molar-refractivity contribution in [2.75, 3.05) is 29.5 Å². The smallest absolute Gasteiger partial charge is 0.150 e. The Morgan fingerprint density at radius 2 is 2.05 bits per heavy atom. The van der Waals surface area contributed by atoms with Gasteiger partial charge in [0.2, 0.25) is 0 Å². The van der Waals surface area contributed by atoms with Crippen LogP contribution in [0.1, 0.15) is 12.8 Å². The Bertz CT molecular complexity index is 583. The molecule has 1 unspecified atom stereocenters. The van der Waals surface area contributed by atoms with E-state index >= 15 is 0 Å². The van der Waals surface area contributed by atoms with Gasteiger partial charge in [-0.1, -0.05) is 0 Å². The predicted octanol–water partition coefficient (Wildman–Crippen LogP) is 1.18. The minimum absolute atomic E-state index is 0.263. The van der Waals surface area contributed by atoms with Crippen LogP contribution in [0.2, 0.25) is 0 Å². The fourth-order valence-corrected chi connectivity index (χ4v) is 2.08. The van der Waals surface area contributed by atoms with Gasteiger partial charge in [0.05, 0.1) is 18.5 Å². The van der Waals surface area contributed by atoms with Crippen molar-refractivity contribution in [3.05, 3.63) is 24.8 Å². The Labute approximate surface area is 122 Å². The summed E-state index contributed by atoms with van der Waals surface area (Å²) in [7, 11) is 0. The van der Waals surface area contributed by atoms with E-state index in [1.165, 1.54) is 12.5 Å². The number of nitrogens with two attached hydrogens (primary N) is 1. The standard InChI is InChI=1S/C13H17N7O/c14-10-6-17-13(7-15-10)20-12-4-11(18-8-19-12)16-5-9-2-1-3-21-9/h4,6-9H,1-3,5H2,(H2,14,15)(H2,16,17,18,19,20). The third kappa shape index (κ3) is 3.76. The van der Waals surface area contributed by atoms with Crippen LogP contribution in [0.3, 0.4) is 0 Å². The van der Waals surface area contributed by atoms with Gasteiger partial charge < -0.3 is 21.1 Å². The molecule has 1 fully saturated rings. The number of rotatable bonds is 5. The van der Waals surface area contributed by atoms with Crippen LogP contribution >= 0.6 is 0 Å². The Hall–Kier alpha value is -2.48. The van der Waals surface area contributed by atoms with E-state index in [1.807, 2.05) is 6.07 Å². The molecule has 4 N–H and O–H groups in total. The van der Waals surface area contributed by atoms with Crippen molar-refractivity contribution >= 4 is 23.3 Å². The molecule has 8 heteroatoms. The van der Waals surface area contributed by atoms with Gasteiger partial charge in [-0.05, 0) is 12.8 Å². The van der Waals surface area contributed by atoms with Gasteiger partial charge in [0.1, 0.15) is 29.6 Å². The molecule has 0 amide bonds. The Morgan fingerprint density at radius 3 is 2.81 bits per heavy atom. The summed E-state index contributed by atoms with van der Waals surface area (Å²) in [6, 6.07) is 1.81. The lowest BCUT2D eigenvalue weighted by Gasteiger charge is -2.11. The predicted molar refractivity (Wildman–Crippen MR) is 79.2 cm³/mol. The maximum atomic E-state index is 5.56. The first-order valence-electron chi connectivity index (χ1n) is 6.82. The third-order valence-corrected chi connectivity index (χ3v) is 3.13. The molecule has 1 aliphatic rings. The third-order valence-electron chi connectivity index (χ3n) is 3.13. The molecular weight excluding hydrogens is 270 g/mol. The largest absolute Gasteiger partial charge is 0.382 e. The number of hydrogen-bond acceptors (Lipinski definition) is 8. The molecule has 3 heterocycles. The quantitative estimate of drug-likeness (QED) is 0.752. The highest BCUT2D eigenvalue weighted by molar-refractivity contribution is 5.55. The van der Waals surface area contributed by atoms with E-state index in [-0.39, 0.29) is 6.10 Å². The topological polar surface area (TPSA) is 111 Å². The average Bonchev–Trinajstić information content (AvgIpc) is 3.01. The number of aromatic nitrogens is 4. The van der Waals surface area contributed by atoms with E-state index in [9.17, 15) is 0 Å². The van der Waals surface area contributed by atoms with E-state index in [1.54, 1.807) is 6.20 Å². The highest BCUT2D eigenvalue weighted by Crippen LogP contribution is 2.16. The van der Waals surface area contributed by atoms with Crippen LogP contribution in [0.25, 0.3) is 0 Å². The van der Waals surface area contributed by atoms with Crippen LogP contribution in [-0.2, 0) is 4.74 Å². The Morgan fingerprint density at radius 1 is 1.14 bits per heavy atom. The van der Waals surface area contributed by atoms with E-state index in [4.69, 9.17) is 10.5 Å².